The molecule has 2 aromatic carbocycles. The van der Waals surface area contributed by atoms with Crippen LogP contribution in [-0.2, 0) is 0 Å². The maximum Gasteiger partial charge on any atom is 0.173 e. The molecule has 23 heavy (non-hydrogen) atoms. The van der Waals surface area contributed by atoms with E-state index in [1.54, 1.807) is 24.3 Å². The van der Waals surface area contributed by atoms with Crippen molar-refractivity contribution in [3.8, 4) is 5.75 Å². The molecule has 0 aromatic heterocycles. The smallest absolute Gasteiger partial charge is 0.173 e. The van der Waals surface area contributed by atoms with Gasteiger partial charge in [0.1, 0.15) is 11.6 Å². The van der Waals surface area contributed by atoms with Crippen molar-refractivity contribution in [2.75, 3.05) is 36.4 Å². The highest BCUT2D eigenvalue weighted by Gasteiger charge is 2.19. The predicted octanol–water partition coefficient (Wildman–Crippen LogP) is 3.05. The van der Waals surface area contributed by atoms with Crippen molar-refractivity contribution in [3.63, 3.8) is 0 Å². The molecule has 1 heterocycles. The number of hydrogen-bond donors (Lipinski definition) is 2. The van der Waals surface area contributed by atoms with E-state index < -0.39 is 0 Å². The number of nitrogens with one attached hydrogen (secondary N) is 1. The van der Waals surface area contributed by atoms with E-state index in [0.717, 1.165) is 31.9 Å². The summed E-state index contributed by atoms with van der Waals surface area (Å²) >= 11 is 5.41. The van der Waals surface area contributed by atoms with Gasteiger partial charge in [-0.3, -0.25) is 0 Å². The van der Waals surface area contributed by atoms with E-state index in [1.165, 1.54) is 12.1 Å². The Labute approximate surface area is 140 Å². The van der Waals surface area contributed by atoms with E-state index in [1.807, 2.05) is 12.1 Å². The Morgan fingerprint density at radius 3 is 2.39 bits per heavy atom. The number of phenols is 1. The maximum absolute atomic E-state index is 13.2. The van der Waals surface area contributed by atoms with E-state index >= 15 is 0 Å². The first-order chi connectivity index (χ1) is 11.1. The highest BCUT2D eigenvalue weighted by molar-refractivity contribution is 7.80. The summed E-state index contributed by atoms with van der Waals surface area (Å²) in [6.45, 7) is 3.27. The van der Waals surface area contributed by atoms with Crippen LogP contribution in [0, 0.1) is 5.82 Å². The van der Waals surface area contributed by atoms with E-state index in [9.17, 15) is 9.50 Å². The number of halogens is 1. The van der Waals surface area contributed by atoms with Crippen LogP contribution in [0.3, 0.4) is 0 Å². The largest absolute Gasteiger partial charge is 0.508 e. The average molecular weight is 331 g/mol. The molecule has 6 heteroatoms. The number of anilines is 2. The Morgan fingerprint density at radius 1 is 1.04 bits per heavy atom. The normalized spacial score (nSPS) is 14.7. The summed E-state index contributed by atoms with van der Waals surface area (Å²) in [5.74, 6) is -0.0113. The minimum absolute atomic E-state index is 0.271. The van der Waals surface area contributed by atoms with Gasteiger partial charge >= 0.3 is 0 Å². The van der Waals surface area contributed by atoms with Gasteiger partial charge in [-0.25, -0.2) is 4.39 Å². The van der Waals surface area contributed by atoms with Gasteiger partial charge in [0.15, 0.2) is 5.11 Å². The van der Waals surface area contributed by atoms with Crippen LogP contribution in [0.15, 0.2) is 48.5 Å². The quantitative estimate of drug-likeness (QED) is 0.828. The van der Waals surface area contributed by atoms with Crippen molar-refractivity contribution in [1.82, 2.24) is 4.90 Å². The number of hydrogen-bond acceptors (Lipinski definition) is 3. The number of rotatable bonds is 2. The Morgan fingerprint density at radius 2 is 1.74 bits per heavy atom. The van der Waals surface area contributed by atoms with Crippen LogP contribution in [0.5, 0.6) is 5.75 Å². The maximum atomic E-state index is 13.2. The molecule has 1 saturated heterocycles. The molecule has 0 saturated carbocycles. The van der Waals surface area contributed by atoms with Gasteiger partial charge < -0.3 is 20.2 Å². The fourth-order valence-electron chi connectivity index (χ4n) is 2.60. The van der Waals surface area contributed by atoms with E-state index in [0.29, 0.717) is 10.8 Å². The molecule has 0 radical (unpaired) electrons. The van der Waals surface area contributed by atoms with Crippen molar-refractivity contribution in [3.05, 3.63) is 54.3 Å². The van der Waals surface area contributed by atoms with Crippen LogP contribution in [0.4, 0.5) is 15.8 Å². The Bertz CT molecular complexity index is 684. The lowest BCUT2D eigenvalue weighted by atomic mass is 10.2. The van der Waals surface area contributed by atoms with Gasteiger partial charge in [0.25, 0.3) is 0 Å². The summed E-state index contributed by atoms with van der Waals surface area (Å²) in [6, 6.07) is 13.5. The molecule has 1 aliphatic rings. The number of phenolic OH excluding ortho intramolecular Hbond substituents is 1. The second kappa shape index (κ2) is 6.83. The zero-order valence-corrected chi connectivity index (χ0v) is 13.4. The zero-order valence-electron chi connectivity index (χ0n) is 12.6. The number of nitrogens with zero attached hydrogens (tertiary/aromatic N) is 2. The summed E-state index contributed by atoms with van der Waals surface area (Å²) in [5.41, 5.74) is 1.75. The molecule has 0 atom stereocenters. The first-order valence-electron chi connectivity index (χ1n) is 7.47. The Hall–Kier alpha value is -2.34. The molecule has 1 aliphatic heterocycles. The number of piperazine rings is 1. The van der Waals surface area contributed by atoms with Crippen molar-refractivity contribution in [2.45, 2.75) is 0 Å². The molecule has 0 unspecified atom stereocenters. The van der Waals surface area contributed by atoms with Gasteiger partial charge in [0.05, 0.1) is 0 Å². The van der Waals surface area contributed by atoms with Gasteiger partial charge in [0, 0.05) is 37.6 Å². The average Bonchev–Trinajstić information content (AvgIpc) is 2.56. The first-order valence-corrected chi connectivity index (χ1v) is 7.88. The molecule has 2 N–H and O–H groups in total. The third-order valence-electron chi connectivity index (χ3n) is 3.86. The van der Waals surface area contributed by atoms with Gasteiger partial charge in [-0.05, 0) is 54.7 Å². The third-order valence-corrected chi connectivity index (χ3v) is 4.22. The van der Waals surface area contributed by atoms with Crippen LogP contribution < -0.4 is 10.2 Å². The SMILES string of the molecule is Oc1ccc(N2CCN(C(=S)Nc3cccc(F)c3)CC2)cc1. The predicted molar refractivity (Wildman–Crippen MR) is 94.5 cm³/mol. The van der Waals surface area contributed by atoms with Crippen LogP contribution in [0.1, 0.15) is 0 Å². The van der Waals surface area contributed by atoms with E-state index in [-0.39, 0.29) is 11.6 Å². The lowest BCUT2D eigenvalue weighted by Crippen LogP contribution is -2.50. The number of benzene rings is 2. The summed E-state index contributed by atoms with van der Waals surface area (Å²) in [6.07, 6.45) is 0. The molecular formula is C17H18FN3OS. The van der Waals surface area contributed by atoms with Gasteiger partial charge in [0.2, 0.25) is 0 Å². The molecule has 3 rings (SSSR count). The van der Waals surface area contributed by atoms with Crippen LogP contribution in [0.2, 0.25) is 0 Å². The summed E-state index contributed by atoms with van der Waals surface area (Å²) < 4.78 is 13.2. The minimum Gasteiger partial charge on any atom is -0.508 e. The monoisotopic (exact) mass is 331 g/mol. The molecule has 0 spiro atoms. The molecule has 1 fully saturated rings. The van der Waals surface area contributed by atoms with Crippen molar-refractivity contribution < 1.29 is 9.50 Å². The molecule has 0 bridgehead atoms. The van der Waals surface area contributed by atoms with Crippen LogP contribution in [-0.4, -0.2) is 41.3 Å². The zero-order chi connectivity index (χ0) is 16.2. The Balaban J connectivity index is 1.56. The second-order valence-corrected chi connectivity index (χ2v) is 5.82. The second-order valence-electron chi connectivity index (χ2n) is 5.43. The molecular weight excluding hydrogens is 313 g/mol. The third kappa shape index (κ3) is 3.90. The highest BCUT2D eigenvalue weighted by Crippen LogP contribution is 2.20. The summed E-state index contributed by atoms with van der Waals surface area (Å²) in [7, 11) is 0. The van der Waals surface area contributed by atoms with Crippen LogP contribution >= 0.6 is 12.2 Å². The molecule has 0 aliphatic carbocycles. The Kier molecular flexibility index (Phi) is 4.62. The molecule has 4 nitrogen and oxygen atoms in total. The first kappa shape index (κ1) is 15.6. The highest BCUT2D eigenvalue weighted by atomic mass is 32.1. The minimum atomic E-state index is -0.282. The van der Waals surface area contributed by atoms with Crippen molar-refractivity contribution >= 4 is 28.7 Å². The van der Waals surface area contributed by atoms with Gasteiger partial charge in [-0.15, -0.1) is 0 Å². The summed E-state index contributed by atoms with van der Waals surface area (Å²) in [5, 5.41) is 13.0. The molecule has 120 valence electrons. The van der Waals surface area contributed by atoms with Gasteiger partial charge in [-0.1, -0.05) is 6.07 Å². The van der Waals surface area contributed by atoms with E-state index in [4.69, 9.17) is 12.2 Å². The van der Waals surface area contributed by atoms with Crippen molar-refractivity contribution in [1.29, 1.82) is 0 Å². The number of aromatic hydroxyl groups is 1. The summed E-state index contributed by atoms with van der Waals surface area (Å²) in [4.78, 5) is 4.33. The lowest BCUT2D eigenvalue weighted by Gasteiger charge is -2.37. The van der Waals surface area contributed by atoms with E-state index in [2.05, 4.69) is 15.1 Å². The van der Waals surface area contributed by atoms with Crippen LogP contribution in [0.25, 0.3) is 0 Å². The lowest BCUT2D eigenvalue weighted by molar-refractivity contribution is 0.391. The standard InChI is InChI=1S/C17H18FN3OS/c18-13-2-1-3-14(12-13)19-17(23)21-10-8-20(9-11-21)15-4-6-16(22)7-5-15/h1-7,12,22H,8-11H2,(H,19,23). The molecule has 0 amide bonds. The topological polar surface area (TPSA) is 38.7 Å². The van der Waals surface area contributed by atoms with Crippen molar-refractivity contribution in [2.24, 2.45) is 0 Å². The molecule has 2 aromatic rings. The fraction of sp³-hybridized carbons (Fsp3) is 0.235. The number of thiocarbonyl (C=S) groups is 1. The fourth-order valence-corrected chi connectivity index (χ4v) is 2.90. The van der Waals surface area contributed by atoms with Gasteiger partial charge in [-0.2, -0.15) is 0 Å².